The number of esters is 1. The van der Waals surface area contributed by atoms with E-state index in [2.05, 4.69) is 51.9 Å². The summed E-state index contributed by atoms with van der Waals surface area (Å²) in [5.74, 6) is -3.64. The third-order valence-electron chi connectivity index (χ3n) is 6.34. The fraction of sp³-hybridized carbons (Fsp3) is 0.345. The van der Waals surface area contributed by atoms with Crippen LogP contribution in [-0.2, 0) is 32.2 Å². The van der Waals surface area contributed by atoms with Gasteiger partial charge in [-0.1, -0.05) is 54.6 Å². The molecule has 1 heterocycles. The predicted molar refractivity (Wildman–Crippen MR) is 143 cm³/mol. The number of hydrogen-bond acceptors (Lipinski definition) is 6. The maximum Gasteiger partial charge on any atom is 0.490 e. The van der Waals surface area contributed by atoms with Gasteiger partial charge in [0.05, 0.1) is 18.6 Å². The summed E-state index contributed by atoms with van der Waals surface area (Å²) in [4.78, 5) is 35.8. The van der Waals surface area contributed by atoms with Crippen LogP contribution in [0.3, 0.4) is 0 Å². The molecule has 214 valence electrons. The Kier molecular flexibility index (Phi) is 11.0. The first-order chi connectivity index (χ1) is 19.1. The van der Waals surface area contributed by atoms with Crippen molar-refractivity contribution >= 4 is 17.8 Å². The normalized spacial score (nSPS) is 17.2. The lowest BCUT2D eigenvalue weighted by Gasteiger charge is -2.27. The second-order valence-corrected chi connectivity index (χ2v) is 9.31. The van der Waals surface area contributed by atoms with Gasteiger partial charge in [-0.2, -0.15) is 13.2 Å². The highest BCUT2D eigenvalue weighted by atomic mass is 19.4. The largest absolute Gasteiger partial charge is 0.490 e. The van der Waals surface area contributed by atoms with E-state index in [9.17, 15) is 22.8 Å². The van der Waals surface area contributed by atoms with Crippen molar-refractivity contribution in [3.05, 3.63) is 83.5 Å². The zero-order chi connectivity index (χ0) is 29.1. The molecule has 40 heavy (non-hydrogen) atoms. The number of hydrogen-bond donors (Lipinski definition) is 3. The number of ether oxygens (including phenoxy) is 1. The van der Waals surface area contributed by atoms with Crippen LogP contribution in [0.1, 0.15) is 17.5 Å². The number of nitrogens with one attached hydrogen (secondary N) is 2. The summed E-state index contributed by atoms with van der Waals surface area (Å²) in [7, 11) is 1.34. The maximum atomic E-state index is 12.7. The highest BCUT2D eigenvalue weighted by Crippen LogP contribution is 2.23. The number of benzene rings is 2. The number of halogens is 3. The smallest absolute Gasteiger partial charge is 0.475 e. The van der Waals surface area contributed by atoms with Gasteiger partial charge >= 0.3 is 18.1 Å². The van der Waals surface area contributed by atoms with Crippen molar-refractivity contribution in [2.75, 3.05) is 33.3 Å². The van der Waals surface area contributed by atoms with Crippen LogP contribution in [0, 0.1) is 5.92 Å². The van der Waals surface area contributed by atoms with Gasteiger partial charge in [0, 0.05) is 39.3 Å². The second kappa shape index (κ2) is 14.4. The fourth-order valence-corrected chi connectivity index (χ4v) is 4.28. The molecule has 2 aromatic carbocycles. The minimum atomic E-state index is -5.08. The van der Waals surface area contributed by atoms with E-state index >= 15 is 0 Å². The number of carboxylic acid groups (broad SMARTS) is 1. The third kappa shape index (κ3) is 9.35. The average molecular weight is 560 g/mol. The van der Waals surface area contributed by atoms with Gasteiger partial charge in [-0.3, -0.25) is 9.69 Å². The Morgan fingerprint density at radius 2 is 1.65 bits per heavy atom. The van der Waals surface area contributed by atoms with E-state index in [0.717, 1.165) is 43.9 Å². The van der Waals surface area contributed by atoms with Crippen LogP contribution < -0.4 is 10.6 Å². The van der Waals surface area contributed by atoms with Gasteiger partial charge in [0.1, 0.15) is 0 Å². The van der Waals surface area contributed by atoms with Gasteiger partial charge in [0.2, 0.25) is 5.91 Å². The Bertz CT molecular complexity index is 1250. The summed E-state index contributed by atoms with van der Waals surface area (Å²) in [6.07, 6.45) is 0.716. The molecule has 1 unspecified atom stereocenters. The van der Waals surface area contributed by atoms with Gasteiger partial charge < -0.3 is 20.5 Å². The number of amides is 1. The summed E-state index contributed by atoms with van der Waals surface area (Å²) < 4.78 is 36.5. The molecular weight excluding hydrogens is 527 g/mol. The first kappa shape index (κ1) is 30.6. The lowest BCUT2D eigenvalue weighted by atomic mass is 9.95. The quantitative estimate of drug-likeness (QED) is 0.444. The number of carbonyl (C=O) groups excluding carboxylic acids is 2. The highest BCUT2D eigenvalue weighted by Gasteiger charge is 2.38. The SMILES string of the molecule is COC(=O)C1=CC(C(=O)NCc2cccc(-c3cccc(CN4CCNCC4)c3)c2)CC=C1.O=C(O)C(F)(F)F. The molecule has 2 aliphatic rings. The van der Waals surface area contributed by atoms with Gasteiger partial charge in [0.25, 0.3) is 0 Å². The molecule has 0 radical (unpaired) electrons. The zero-order valence-electron chi connectivity index (χ0n) is 22.0. The van der Waals surface area contributed by atoms with Crippen LogP contribution in [-0.4, -0.2) is 67.3 Å². The standard InChI is InChI=1S/C27H31N3O3.C2HF3O2/c1-33-27(32)25-10-4-9-24(17-25)26(31)29-18-20-5-2-7-22(15-20)23-8-3-6-21(16-23)19-30-13-11-28-12-14-30;3-2(4,5)1(6)7/h2-8,10,15-17,24,28H,9,11-14,18-19H2,1H3,(H,29,31);(H,6,7). The Balaban J connectivity index is 0.000000559. The number of nitrogens with zero attached hydrogens (tertiary/aromatic N) is 1. The Hall–Kier alpha value is -3.96. The molecule has 8 nitrogen and oxygen atoms in total. The molecule has 1 atom stereocenters. The van der Waals surface area contributed by atoms with Crippen molar-refractivity contribution in [2.45, 2.75) is 25.7 Å². The van der Waals surface area contributed by atoms with Crippen molar-refractivity contribution in [3.63, 3.8) is 0 Å². The van der Waals surface area contributed by atoms with Crippen LogP contribution in [0.15, 0.2) is 72.3 Å². The molecule has 11 heteroatoms. The molecule has 1 saturated heterocycles. The highest BCUT2D eigenvalue weighted by molar-refractivity contribution is 5.93. The first-order valence-corrected chi connectivity index (χ1v) is 12.7. The maximum absolute atomic E-state index is 12.7. The van der Waals surface area contributed by atoms with E-state index in [1.54, 1.807) is 12.2 Å². The molecule has 1 aliphatic carbocycles. The number of aliphatic carboxylic acids is 1. The van der Waals surface area contributed by atoms with Crippen LogP contribution in [0.2, 0.25) is 0 Å². The van der Waals surface area contributed by atoms with Gasteiger partial charge in [-0.15, -0.1) is 0 Å². The topological polar surface area (TPSA) is 108 Å². The zero-order valence-corrected chi connectivity index (χ0v) is 22.0. The monoisotopic (exact) mass is 559 g/mol. The van der Waals surface area contributed by atoms with E-state index in [1.807, 2.05) is 18.2 Å². The van der Waals surface area contributed by atoms with E-state index in [4.69, 9.17) is 14.6 Å². The molecule has 0 aromatic heterocycles. The Morgan fingerprint density at radius 1 is 1.05 bits per heavy atom. The van der Waals surface area contributed by atoms with Crippen LogP contribution in [0.4, 0.5) is 13.2 Å². The minimum Gasteiger partial charge on any atom is -0.475 e. The fourth-order valence-electron chi connectivity index (χ4n) is 4.28. The summed E-state index contributed by atoms with van der Waals surface area (Å²) in [6.45, 7) is 5.64. The molecule has 1 amide bonds. The Morgan fingerprint density at radius 3 is 2.25 bits per heavy atom. The number of rotatable bonds is 7. The summed E-state index contributed by atoms with van der Waals surface area (Å²) in [5, 5.41) is 13.5. The minimum absolute atomic E-state index is 0.0934. The molecule has 0 saturated carbocycles. The molecule has 1 fully saturated rings. The average Bonchev–Trinajstić information content (AvgIpc) is 2.96. The van der Waals surface area contributed by atoms with Gasteiger partial charge in [0.15, 0.2) is 0 Å². The van der Waals surface area contributed by atoms with Crippen LogP contribution in [0.25, 0.3) is 11.1 Å². The molecule has 4 rings (SSSR count). The molecule has 1 aliphatic heterocycles. The molecule has 2 aromatic rings. The first-order valence-electron chi connectivity index (χ1n) is 12.7. The van der Waals surface area contributed by atoms with Crippen molar-refractivity contribution in [1.29, 1.82) is 0 Å². The van der Waals surface area contributed by atoms with Crippen molar-refractivity contribution < 1.29 is 37.4 Å². The second-order valence-electron chi connectivity index (χ2n) is 9.31. The lowest BCUT2D eigenvalue weighted by Crippen LogP contribution is -2.42. The number of allylic oxidation sites excluding steroid dienone is 1. The number of methoxy groups -OCH3 is 1. The van der Waals surface area contributed by atoms with Gasteiger partial charge in [-0.05, 0) is 40.8 Å². The van der Waals surface area contributed by atoms with E-state index in [0.29, 0.717) is 18.5 Å². The van der Waals surface area contributed by atoms with Crippen molar-refractivity contribution in [1.82, 2.24) is 15.5 Å². The van der Waals surface area contributed by atoms with E-state index in [-0.39, 0.29) is 11.8 Å². The Labute approximate surface area is 230 Å². The van der Waals surface area contributed by atoms with Gasteiger partial charge in [-0.25, -0.2) is 9.59 Å². The number of carboxylic acids is 1. The molecule has 0 spiro atoms. The third-order valence-corrected chi connectivity index (χ3v) is 6.34. The molecular formula is C29H32F3N3O5. The van der Waals surface area contributed by atoms with E-state index in [1.165, 1.54) is 18.2 Å². The molecule has 0 bridgehead atoms. The van der Waals surface area contributed by atoms with Crippen LogP contribution >= 0.6 is 0 Å². The van der Waals surface area contributed by atoms with Crippen LogP contribution in [0.5, 0.6) is 0 Å². The summed E-state index contributed by atoms with van der Waals surface area (Å²) >= 11 is 0. The lowest BCUT2D eigenvalue weighted by molar-refractivity contribution is -0.192. The van der Waals surface area contributed by atoms with Crippen molar-refractivity contribution in [3.8, 4) is 11.1 Å². The summed E-state index contributed by atoms with van der Waals surface area (Å²) in [5.41, 5.74) is 5.09. The predicted octanol–water partition coefficient (Wildman–Crippen LogP) is 3.68. The summed E-state index contributed by atoms with van der Waals surface area (Å²) in [6, 6.07) is 17.0. The molecule has 3 N–H and O–H groups in total. The van der Waals surface area contributed by atoms with Crippen molar-refractivity contribution in [2.24, 2.45) is 5.92 Å². The number of carbonyl (C=O) groups is 3. The number of alkyl halides is 3. The van der Waals surface area contributed by atoms with E-state index < -0.39 is 18.1 Å². The number of piperazine rings is 1.